The Labute approximate surface area is 104 Å². The highest BCUT2D eigenvalue weighted by molar-refractivity contribution is 7.14. The summed E-state index contributed by atoms with van der Waals surface area (Å²) in [6.07, 6.45) is 1.23. The van der Waals surface area contributed by atoms with Gasteiger partial charge >= 0.3 is 0 Å². The van der Waals surface area contributed by atoms with E-state index in [1.807, 2.05) is 5.38 Å². The average Bonchev–Trinajstić information content (AvgIpc) is 2.82. The van der Waals surface area contributed by atoms with Gasteiger partial charge in [0.25, 0.3) is 0 Å². The minimum atomic E-state index is -0.214. The lowest BCUT2D eigenvalue weighted by Crippen LogP contribution is -2.02. The zero-order chi connectivity index (χ0) is 11.8. The molecule has 1 saturated carbocycles. The number of hydrogen-bond acceptors (Lipinski definition) is 3. The zero-order valence-corrected chi connectivity index (χ0v) is 10.3. The summed E-state index contributed by atoms with van der Waals surface area (Å²) in [6, 6.07) is 7.03. The summed E-state index contributed by atoms with van der Waals surface area (Å²) >= 11 is 1.60. The van der Waals surface area contributed by atoms with Gasteiger partial charge in [0.1, 0.15) is 5.82 Å². The topological polar surface area (TPSA) is 24.9 Å². The van der Waals surface area contributed by atoms with E-state index in [0.29, 0.717) is 6.04 Å². The molecular formula is C13H13FN2S. The largest absolute Gasteiger partial charge is 0.358 e. The average molecular weight is 248 g/mol. The smallest absolute Gasteiger partial charge is 0.183 e. The fraction of sp³-hybridized carbons (Fsp3) is 0.308. The van der Waals surface area contributed by atoms with Crippen molar-refractivity contribution in [2.45, 2.75) is 19.4 Å². The van der Waals surface area contributed by atoms with Gasteiger partial charge in [-0.3, -0.25) is 0 Å². The normalized spacial score (nSPS) is 22.5. The molecule has 1 aromatic carbocycles. The van der Waals surface area contributed by atoms with Crippen LogP contribution in [0, 0.1) is 11.7 Å². The molecule has 0 saturated heterocycles. The van der Waals surface area contributed by atoms with E-state index >= 15 is 0 Å². The number of rotatable bonds is 3. The second-order valence-corrected chi connectivity index (χ2v) is 5.37. The molecule has 2 aromatic rings. The molecule has 0 aliphatic heterocycles. The summed E-state index contributed by atoms with van der Waals surface area (Å²) < 4.78 is 12.8. The molecule has 1 aliphatic rings. The molecule has 0 bridgehead atoms. The SMILES string of the molecule is CC1CC1Nc1nc(-c2ccc(F)cc2)cs1. The molecule has 0 spiro atoms. The Morgan fingerprint density at radius 2 is 2.06 bits per heavy atom. The minimum Gasteiger partial charge on any atom is -0.358 e. The Kier molecular flexibility index (Phi) is 2.59. The first-order chi connectivity index (χ1) is 8.22. The number of benzene rings is 1. The van der Waals surface area contributed by atoms with Gasteiger partial charge in [0, 0.05) is 17.0 Å². The van der Waals surface area contributed by atoms with E-state index in [1.54, 1.807) is 23.5 Å². The van der Waals surface area contributed by atoms with E-state index in [4.69, 9.17) is 0 Å². The molecule has 1 fully saturated rings. The highest BCUT2D eigenvalue weighted by Gasteiger charge is 2.32. The van der Waals surface area contributed by atoms with Gasteiger partial charge in [0.05, 0.1) is 5.69 Å². The maximum atomic E-state index is 12.8. The van der Waals surface area contributed by atoms with Gasteiger partial charge in [-0.05, 0) is 36.6 Å². The van der Waals surface area contributed by atoms with Gasteiger partial charge in [-0.15, -0.1) is 11.3 Å². The van der Waals surface area contributed by atoms with Gasteiger partial charge in [-0.2, -0.15) is 0 Å². The van der Waals surface area contributed by atoms with Crippen molar-refractivity contribution >= 4 is 16.5 Å². The van der Waals surface area contributed by atoms with Crippen LogP contribution < -0.4 is 5.32 Å². The van der Waals surface area contributed by atoms with E-state index in [0.717, 1.165) is 22.3 Å². The highest BCUT2D eigenvalue weighted by atomic mass is 32.1. The Morgan fingerprint density at radius 3 is 2.71 bits per heavy atom. The van der Waals surface area contributed by atoms with Gasteiger partial charge in [0.2, 0.25) is 0 Å². The molecule has 3 rings (SSSR count). The van der Waals surface area contributed by atoms with Crippen LogP contribution in [-0.4, -0.2) is 11.0 Å². The number of anilines is 1. The Morgan fingerprint density at radius 1 is 1.35 bits per heavy atom. The Hall–Kier alpha value is -1.42. The molecule has 2 unspecified atom stereocenters. The van der Waals surface area contributed by atoms with Crippen LogP contribution in [0.1, 0.15) is 13.3 Å². The molecule has 0 amide bonds. The first kappa shape index (κ1) is 10.7. The van der Waals surface area contributed by atoms with E-state index in [9.17, 15) is 4.39 Å². The molecule has 1 N–H and O–H groups in total. The highest BCUT2D eigenvalue weighted by Crippen LogP contribution is 2.34. The lowest BCUT2D eigenvalue weighted by atomic mass is 10.2. The molecule has 1 aliphatic carbocycles. The number of hydrogen-bond donors (Lipinski definition) is 1. The van der Waals surface area contributed by atoms with Crippen LogP contribution in [0.3, 0.4) is 0 Å². The monoisotopic (exact) mass is 248 g/mol. The van der Waals surface area contributed by atoms with Crippen molar-refractivity contribution in [3.05, 3.63) is 35.5 Å². The molecule has 17 heavy (non-hydrogen) atoms. The molecule has 4 heteroatoms. The van der Waals surface area contributed by atoms with Crippen molar-refractivity contribution in [2.24, 2.45) is 5.92 Å². The van der Waals surface area contributed by atoms with Crippen LogP contribution in [0.2, 0.25) is 0 Å². The van der Waals surface area contributed by atoms with E-state index < -0.39 is 0 Å². The Balaban J connectivity index is 1.77. The van der Waals surface area contributed by atoms with Crippen LogP contribution >= 0.6 is 11.3 Å². The molecule has 1 aromatic heterocycles. The molecular weight excluding hydrogens is 235 g/mol. The van der Waals surface area contributed by atoms with Gasteiger partial charge < -0.3 is 5.32 Å². The zero-order valence-electron chi connectivity index (χ0n) is 9.48. The number of thiazole rings is 1. The molecule has 1 heterocycles. The van der Waals surface area contributed by atoms with Crippen molar-refractivity contribution in [1.82, 2.24) is 4.98 Å². The summed E-state index contributed by atoms with van der Waals surface area (Å²) in [4.78, 5) is 4.51. The third-order valence-electron chi connectivity index (χ3n) is 3.06. The summed E-state index contributed by atoms with van der Waals surface area (Å²) in [7, 11) is 0. The second kappa shape index (κ2) is 4.11. The number of aromatic nitrogens is 1. The second-order valence-electron chi connectivity index (χ2n) is 4.51. The Bertz CT molecular complexity index is 520. The van der Waals surface area contributed by atoms with Crippen LogP contribution in [0.25, 0.3) is 11.3 Å². The van der Waals surface area contributed by atoms with Crippen LogP contribution in [0.4, 0.5) is 9.52 Å². The van der Waals surface area contributed by atoms with Crippen LogP contribution in [0.5, 0.6) is 0 Å². The molecule has 2 nitrogen and oxygen atoms in total. The van der Waals surface area contributed by atoms with Crippen molar-refractivity contribution in [2.75, 3.05) is 5.32 Å². The third kappa shape index (κ3) is 2.31. The quantitative estimate of drug-likeness (QED) is 0.894. The lowest BCUT2D eigenvalue weighted by molar-refractivity contribution is 0.628. The summed E-state index contributed by atoms with van der Waals surface area (Å²) in [5, 5.41) is 6.36. The van der Waals surface area contributed by atoms with E-state index in [2.05, 4.69) is 17.2 Å². The van der Waals surface area contributed by atoms with E-state index in [1.165, 1.54) is 18.6 Å². The standard InChI is InChI=1S/C13H13FN2S/c1-8-6-11(8)15-13-16-12(7-17-13)9-2-4-10(14)5-3-9/h2-5,7-8,11H,6H2,1H3,(H,15,16). The van der Waals surface area contributed by atoms with Crippen LogP contribution in [0.15, 0.2) is 29.6 Å². The number of nitrogens with zero attached hydrogens (tertiary/aromatic N) is 1. The fourth-order valence-corrected chi connectivity index (χ4v) is 2.56. The van der Waals surface area contributed by atoms with Crippen LogP contribution in [-0.2, 0) is 0 Å². The van der Waals surface area contributed by atoms with Crippen molar-refractivity contribution in [1.29, 1.82) is 0 Å². The first-order valence-corrected chi connectivity index (χ1v) is 6.58. The molecule has 2 atom stereocenters. The number of halogens is 1. The van der Waals surface area contributed by atoms with Crippen molar-refractivity contribution in [3.8, 4) is 11.3 Å². The fourth-order valence-electron chi connectivity index (χ4n) is 1.78. The molecule has 88 valence electrons. The summed E-state index contributed by atoms with van der Waals surface area (Å²) in [5.74, 6) is 0.544. The minimum absolute atomic E-state index is 0.214. The summed E-state index contributed by atoms with van der Waals surface area (Å²) in [5.41, 5.74) is 1.87. The molecule has 0 radical (unpaired) electrons. The maximum absolute atomic E-state index is 12.8. The number of nitrogens with one attached hydrogen (secondary N) is 1. The van der Waals surface area contributed by atoms with Gasteiger partial charge in [-0.1, -0.05) is 6.92 Å². The van der Waals surface area contributed by atoms with Crippen molar-refractivity contribution < 1.29 is 4.39 Å². The first-order valence-electron chi connectivity index (χ1n) is 5.70. The predicted molar refractivity (Wildman–Crippen MR) is 68.7 cm³/mol. The van der Waals surface area contributed by atoms with E-state index in [-0.39, 0.29) is 5.82 Å². The maximum Gasteiger partial charge on any atom is 0.183 e. The lowest BCUT2D eigenvalue weighted by Gasteiger charge is -1.98. The van der Waals surface area contributed by atoms with Gasteiger partial charge in [-0.25, -0.2) is 9.37 Å². The third-order valence-corrected chi connectivity index (χ3v) is 3.84. The predicted octanol–water partition coefficient (Wildman–Crippen LogP) is 3.77. The van der Waals surface area contributed by atoms with Gasteiger partial charge in [0.15, 0.2) is 5.13 Å². The van der Waals surface area contributed by atoms with Crippen molar-refractivity contribution in [3.63, 3.8) is 0 Å². The summed E-state index contributed by atoms with van der Waals surface area (Å²) in [6.45, 7) is 2.23.